The fourth-order valence-corrected chi connectivity index (χ4v) is 2.67. The first kappa shape index (κ1) is 12.0. The maximum absolute atomic E-state index is 5.91. The molecule has 0 aliphatic heterocycles. The summed E-state index contributed by atoms with van der Waals surface area (Å²) >= 11 is 0. The Morgan fingerprint density at radius 1 is 0.762 bits per heavy atom. The average molecular weight is 273 g/mol. The fourth-order valence-electron chi connectivity index (χ4n) is 2.67. The van der Waals surface area contributed by atoms with Crippen molar-refractivity contribution < 1.29 is 4.42 Å². The van der Waals surface area contributed by atoms with Crippen LogP contribution in [0.4, 0.5) is 11.4 Å². The molecule has 21 heavy (non-hydrogen) atoms. The second kappa shape index (κ2) is 4.67. The third-order valence-electron chi connectivity index (χ3n) is 3.73. The molecule has 0 amide bonds. The number of aryl methyl sites for hydroxylation is 1. The van der Waals surface area contributed by atoms with Crippen LogP contribution in [0.5, 0.6) is 0 Å². The Morgan fingerprint density at radius 2 is 1.52 bits per heavy atom. The van der Waals surface area contributed by atoms with Gasteiger partial charge in [0.15, 0.2) is 0 Å². The van der Waals surface area contributed by atoms with E-state index in [1.807, 2.05) is 30.3 Å². The van der Waals surface area contributed by atoms with Crippen molar-refractivity contribution in [1.29, 1.82) is 0 Å². The Morgan fingerprint density at radius 3 is 2.38 bits per heavy atom. The smallest absolute Gasteiger partial charge is 0.137 e. The molecule has 1 aromatic heterocycles. The van der Waals surface area contributed by atoms with Crippen molar-refractivity contribution in [3.05, 3.63) is 72.3 Å². The van der Waals surface area contributed by atoms with Gasteiger partial charge in [0.25, 0.3) is 0 Å². The summed E-state index contributed by atoms with van der Waals surface area (Å²) < 4.78 is 5.91. The lowest BCUT2D eigenvalue weighted by Gasteiger charge is -2.08. The number of rotatable bonds is 2. The number of fused-ring (bicyclic) bond motifs is 3. The molecule has 3 aromatic carbocycles. The summed E-state index contributed by atoms with van der Waals surface area (Å²) in [5, 5.41) is 5.77. The van der Waals surface area contributed by atoms with Crippen molar-refractivity contribution in [1.82, 2.24) is 0 Å². The van der Waals surface area contributed by atoms with Gasteiger partial charge in [0.1, 0.15) is 11.2 Å². The molecule has 1 heterocycles. The molecular weight excluding hydrogens is 258 g/mol. The highest BCUT2D eigenvalue weighted by Crippen LogP contribution is 2.35. The van der Waals surface area contributed by atoms with Crippen LogP contribution in [-0.2, 0) is 0 Å². The zero-order valence-electron chi connectivity index (χ0n) is 11.8. The van der Waals surface area contributed by atoms with Gasteiger partial charge in [-0.1, -0.05) is 42.0 Å². The van der Waals surface area contributed by atoms with Crippen molar-refractivity contribution in [2.75, 3.05) is 5.32 Å². The van der Waals surface area contributed by atoms with E-state index < -0.39 is 0 Å². The van der Waals surface area contributed by atoms with E-state index in [1.54, 1.807) is 0 Å². The number of para-hydroxylation sites is 1. The van der Waals surface area contributed by atoms with Gasteiger partial charge in [0.05, 0.1) is 11.1 Å². The SMILES string of the molecule is Cc1ccc(Nc2cccc3oc4ccccc4c23)cc1. The van der Waals surface area contributed by atoms with Gasteiger partial charge >= 0.3 is 0 Å². The lowest BCUT2D eigenvalue weighted by Crippen LogP contribution is -1.90. The molecule has 0 saturated carbocycles. The van der Waals surface area contributed by atoms with Crippen LogP contribution in [0.1, 0.15) is 5.56 Å². The molecule has 4 rings (SSSR count). The van der Waals surface area contributed by atoms with E-state index in [0.29, 0.717) is 0 Å². The highest BCUT2D eigenvalue weighted by molar-refractivity contribution is 6.11. The van der Waals surface area contributed by atoms with Crippen LogP contribution in [0.15, 0.2) is 71.1 Å². The van der Waals surface area contributed by atoms with Crippen LogP contribution in [0.3, 0.4) is 0 Å². The molecule has 0 aliphatic rings. The fraction of sp³-hybridized carbons (Fsp3) is 0.0526. The monoisotopic (exact) mass is 273 g/mol. The predicted molar refractivity (Wildman–Crippen MR) is 88.2 cm³/mol. The lowest BCUT2D eigenvalue weighted by molar-refractivity contribution is 0.669. The topological polar surface area (TPSA) is 25.2 Å². The van der Waals surface area contributed by atoms with Crippen LogP contribution in [0.2, 0.25) is 0 Å². The van der Waals surface area contributed by atoms with Crippen LogP contribution in [0.25, 0.3) is 21.9 Å². The van der Waals surface area contributed by atoms with Crippen LogP contribution in [0, 0.1) is 6.92 Å². The zero-order valence-corrected chi connectivity index (χ0v) is 11.8. The van der Waals surface area contributed by atoms with Gasteiger partial charge < -0.3 is 9.73 Å². The van der Waals surface area contributed by atoms with Crippen LogP contribution >= 0.6 is 0 Å². The molecular formula is C19H15NO. The summed E-state index contributed by atoms with van der Waals surface area (Å²) in [4.78, 5) is 0. The van der Waals surface area contributed by atoms with Gasteiger partial charge in [-0.2, -0.15) is 0 Å². The maximum Gasteiger partial charge on any atom is 0.137 e. The van der Waals surface area contributed by atoms with Gasteiger partial charge in [-0.15, -0.1) is 0 Å². The molecule has 0 radical (unpaired) electrons. The predicted octanol–water partition coefficient (Wildman–Crippen LogP) is 5.64. The second-order valence-corrected chi connectivity index (χ2v) is 5.27. The van der Waals surface area contributed by atoms with E-state index in [0.717, 1.165) is 33.3 Å². The minimum Gasteiger partial charge on any atom is -0.456 e. The van der Waals surface area contributed by atoms with E-state index in [9.17, 15) is 0 Å². The Hall–Kier alpha value is -2.74. The molecule has 0 atom stereocenters. The molecule has 0 aliphatic carbocycles. The molecule has 0 spiro atoms. The molecule has 2 nitrogen and oxygen atoms in total. The van der Waals surface area contributed by atoms with E-state index >= 15 is 0 Å². The first-order chi connectivity index (χ1) is 10.3. The van der Waals surface area contributed by atoms with E-state index in [4.69, 9.17) is 4.42 Å². The lowest BCUT2D eigenvalue weighted by atomic mass is 10.1. The minimum atomic E-state index is 0.910. The highest BCUT2D eigenvalue weighted by Gasteiger charge is 2.10. The molecule has 0 bridgehead atoms. The van der Waals surface area contributed by atoms with E-state index in [2.05, 4.69) is 48.6 Å². The Kier molecular flexibility index (Phi) is 2.68. The normalized spacial score (nSPS) is 11.1. The molecule has 2 heteroatoms. The second-order valence-electron chi connectivity index (χ2n) is 5.27. The average Bonchev–Trinajstić information content (AvgIpc) is 2.89. The van der Waals surface area contributed by atoms with Crippen LogP contribution < -0.4 is 5.32 Å². The third-order valence-corrected chi connectivity index (χ3v) is 3.73. The van der Waals surface area contributed by atoms with Crippen molar-refractivity contribution in [3.63, 3.8) is 0 Å². The first-order valence-electron chi connectivity index (χ1n) is 7.05. The number of hydrogen-bond donors (Lipinski definition) is 1. The zero-order chi connectivity index (χ0) is 14.2. The maximum atomic E-state index is 5.91. The van der Waals surface area contributed by atoms with Gasteiger partial charge in [-0.3, -0.25) is 0 Å². The standard InChI is InChI=1S/C19H15NO/c1-13-9-11-14(12-10-13)20-16-6-4-8-18-19(16)15-5-2-3-7-17(15)21-18/h2-12,20H,1H3. The molecule has 1 N–H and O–H groups in total. The number of benzene rings is 3. The van der Waals surface area contributed by atoms with Crippen molar-refractivity contribution >= 4 is 33.3 Å². The van der Waals surface area contributed by atoms with Crippen molar-refractivity contribution in [3.8, 4) is 0 Å². The summed E-state index contributed by atoms with van der Waals surface area (Å²) in [6.45, 7) is 2.09. The quantitative estimate of drug-likeness (QED) is 0.511. The highest BCUT2D eigenvalue weighted by atomic mass is 16.3. The van der Waals surface area contributed by atoms with Crippen molar-refractivity contribution in [2.45, 2.75) is 6.92 Å². The van der Waals surface area contributed by atoms with Gasteiger partial charge in [0.2, 0.25) is 0 Å². The molecule has 0 unspecified atom stereocenters. The first-order valence-corrected chi connectivity index (χ1v) is 7.05. The third kappa shape index (κ3) is 2.05. The largest absolute Gasteiger partial charge is 0.456 e. The van der Waals surface area contributed by atoms with Gasteiger partial charge in [0, 0.05) is 11.1 Å². The summed E-state index contributed by atoms with van der Waals surface area (Å²) in [5.41, 5.74) is 5.24. The van der Waals surface area contributed by atoms with Crippen LogP contribution in [-0.4, -0.2) is 0 Å². The summed E-state index contributed by atoms with van der Waals surface area (Å²) in [5.74, 6) is 0. The number of hydrogen-bond acceptors (Lipinski definition) is 2. The van der Waals surface area contributed by atoms with Gasteiger partial charge in [-0.25, -0.2) is 0 Å². The molecule has 0 saturated heterocycles. The van der Waals surface area contributed by atoms with E-state index in [1.165, 1.54) is 5.56 Å². The molecule has 0 fully saturated rings. The Labute approximate surface area is 123 Å². The number of anilines is 2. The summed E-state index contributed by atoms with van der Waals surface area (Å²) in [6.07, 6.45) is 0. The molecule has 4 aromatic rings. The Balaban J connectivity index is 1.89. The minimum absolute atomic E-state index is 0.910. The van der Waals surface area contributed by atoms with E-state index in [-0.39, 0.29) is 0 Å². The Bertz CT molecular complexity index is 919. The number of furan rings is 1. The van der Waals surface area contributed by atoms with Gasteiger partial charge in [-0.05, 0) is 37.3 Å². The summed E-state index contributed by atoms with van der Waals surface area (Å²) in [7, 11) is 0. The molecule has 102 valence electrons. The van der Waals surface area contributed by atoms with Crippen molar-refractivity contribution in [2.24, 2.45) is 0 Å². The number of nitrogens with one attached hydrogen (secondary N) is 1. The summed E-state index contributed by atoms with van der Waals surface area (Å²) in [6, 6.07) is 22.7.